The Morgan fingerprint density at radius 1 is 1.08 bits per heavy atom. The number of ketones is 1. The van der Waals surface area contributed by atoms with Crippen LogP contribution in [-0.2, 0) is 9.59 Å². The van der Waals surface area contributed by atoms with Crippen molar-refractivity contribution < 1.29 is 19.4 Å². The molecule has 1 fully saturated rings. The lowest BCUT2D eigenvalue weighted by molar-refractivity contribution is -0.132. The lowest BCUT2D eigenvalue weighted by atomic mass is 9.95. The first-order valence-corrected chi connectivity index (χ1v) is 13.2. The van der Waals surface area contributed by atoms with Crippen molar-refractivity contribution >= 4 is 55.7 Å². The molecule has 8 heteroatoms. The monoisotopic (exact) mass is 532 g/mol. The fraction of sp³-hybridized carbons (Fsp3) is 0.207. The van der Waals surface area contributed by atoms with Gasteiger partial charge in [0.05, 0.1) is 28.4 Å². The van der Waals surface area contributed by atoms with Gasteiger partial charge in [0.2, 0.25) is 0 Å². The van der Waals surface area contributed by atoms with Gasteiger partial charge in [-0.3, -0.25) is 14.5 Å². The van der Waals surface area contributed by atoms with Gasteiger partial charge >= 0.3 is 5.91 Å². The maximum atomic E-state index is 13.5. The summed E-state index contributed by atoms with van der Waals surface area (Å²) in [7, 11) is 0. The van der Waals surface area contributed by atoms with Gasteiger partial charge in [-0.05, 0) is 79.4 Å². The number of benzene rings is 3. The van der Waals surface area contributed by atoms with E-state index in [-0.39, 0.29) is 11.3 Å². The summed E-state index contributed by atoms with van der Waals surface area (Å²) in [5, 5.41) is 12.2. The first-order chi connectivity index (χ1) is 17.8. The number of carbonyl (C=O) groups excluding carboxylic acids is 2. The van der Waals surface area contributed by atoms with Gasteiger partial charge in [0.15, 0.2) is 5.13 Å². The molecule has 3 aromatic carbocycles. The third-order valence-electron chi connectivity index (χ3n) is 6.26. The Bertz CT molecular complexity index is 1540. The maximum Gasteiger partial charge on any atom is 0.301 e. The van der Waals surface area contributed by atoms with Crippen LogP contribution in [0.3, 0.4) is 0 Å². The molecule has 0 aliphatic carbocycles. The van der Waals surface area contributed by atoms with Crippen molar-refractivity contribution in [1.29, 1.82) is 0 Å². The lowest BCUT2D eigenvalue weighted by Crippen LogP contribution is -2.29. The van der Waals surface area contributed by atoms with Crippen LogP contribution in [0.15, 0.2) is 66.2 Å². The van der Waals surface area contributed by atoms with E-state index >= 15 is 0 Å². The molecule has 0 spiro atoms. The van der Waals surface area contributed by atoms with Gasteiger partial charge in [0, 0.05) is 10.6 Å². The summed E-state index contributed by atoms with van der Waals surface area (Å²) in [5.74, 6) is -1.08. The summed E-state index contributed by atoms with van der Waals surface area (Å²) in [6.45, 7) is 6.59. The molecule has 5 rings (SSSR count). The second kappa shape index (κ2) is 10.00. The van der Waals surface area contributed by atoms with Crippen molar-refractivity contribution in [2.45, 2.75) is 33.2 Å². The second-order valence-corrected chi connectivity index (χ2v) is 10.5. The van der Waals surface area contributed by atoms with Crippen LogP contribution in [0.25, 0.3) is 16.0 Å². The third kappa shape index (κ3) is 4.61. The average Bonchev–Trinajstić information content (AvgIpc) is 3.41. The number of Topliss-reactive ketones (excluding diaryl/α,β-unsaturated/α-hetero) is 1. The third-order valence-corrected chi connectivity index (χ3v) is 7.51. The van der Waals surface area contributed by atoms with Gasteiger partial charge < -0.3 is 9.84 Å². The molecule has 37 heavy (non-hydrogen) atoms. The number of thiazole rings is 1. The number of fused-ring (bicyclic) bond motifs is 1. The molecule has 1 unspecified atom stereocenters. The average molecular weight is 533 g/mol. The van der Waals surface area contributed by atoms with E-state index in [1.165, 1.54) is 16.2 Å². The first kappa shape index (κ1) is 25.0. The highest BCUT2D eigenvalue weighted by Gasteiger charge is 2.48. The van der Waals surface area contributed by atoms with Crippen LogP contribution in [0, 0.1) is 13.8 Å². The van der Waals surface area contributed by atoms with Crippen molar-refractivity contribution in [3.8, 4) is 5.75 Å². The molecule has 0 saturated carbocycles. The number of aromatic nitrogens is 1. The van der Waals surface area contributed by atoms with Gasteiger partial charge in [-0.25, -0.2) is 4.98 Å². The number of aryl methyl sites for hydroxylation is 2. The van der Waals surface area contributed by atoms with Crippen LogP contribution >= 0.6 is 22.9 Å². The zero-order valence-electron chi connectivity index (χ0n) is 20.6. The van der Waals surface area contributed by atoms with Crippen LogP contribution in [0.1, 0.15) is 41.6 Å². The van der Waals surface area contributed by atoms with Gasteiger partial charge in [0.25, 0.3) is 5.78 Å². The molecular formula is C29H25ClN2O4S. The number of carbonyl (C=O) groups is 2. The van der Waals surface area contributed by atoms with Crippen LogP contribution in [0.4, 0.5) is 5.13 Å². The zero-order chi connectivity index (χ0) is 26.3. The second-order valence-electron chi connectivity index (χ2n) is 9.02. The highest BCUT2D eigenvalue weighted by atomic mass is 35.5. The van der Waals surface area contributed by atoms with Gasteiger partial charge in [-0.1, -0.05) is 48.1 Å². The van der Waals surface area contributed by atoms with Crippen molar-refractivity contribution in [2.24, 2.45) is 0 Å². The summed E-state index contributed by atoms with van der Waals surface area (Å²) in [5.41, 5.74) is 3.92. The van der Waals surface area contributed by atoms with E-state index in [0.29, 0.717) is 33.6 Å². The number of anilines is 1. The number of rotatable bonds is 6. The Morgan fingerprint density at radius 2 is 1.78 bits per heavy atom. The normalized spacial score (nSPS) is 17.1. The van der Waals surface area contributed by atoms with Gasteiger partial charge in [-0.2, -0.15) is 0 Å². The number of hydrogen-bond acceptors (Lipinski definition) is 6. The van der Waals surface area contributed by atoms with E-state index in [1.807, 2.05) is 45.0 Å². The minimum Gasteiger partial charge on any atom is -0.507 e. The molecule has 1 aromatic heterocycles. The number of nitrogens with zero attached hydrogens (tertiary/aromatic N) is 2. The molecule has 1 atom stereocenters. The van der Waals surface area contributed by atoms with Crippen LogP contribution in [-0.4, -0.2) is 28.4 Å². The fourth-order valence-corrected chi connectivity index (χ4v) is 5.83. The fourth-order valence-electron chi connectivity index (χ4n) is 4.54. The standard InChI is InChI=1S/C29H25ClN2O4S/c1-4-13-36-21-11-7-18(8-12-21)25-23(26(33)19-5-9-20(30)10-6-19)27(34)28(35)32(25)29-31-24-17(3)14-16(2)15-22(24)37-29/h5-12,14-15,25,33H,4,13H2,1-3H3. The number of halogens is 1. The molecule has 1 amide bonds. The first-order valence-electron chi connectivity index (χ1n) is 12.0. The Balaban J connectivity index is 1.68. The van der Waals surface area contributed by atoms with E-state index in [4.69, 9.17) is 21.3 Å². The number of aliphatic hydroxyl groups excluding tert-OH is 1. The molecule has 1 aliphatic rings. The largest absolute Gasteiger partial charge is 0.507 e. The predicted octanol–water partition coefficient (Wildman–Crippen LogP) is 6.98. The minimum absolute atomic E-state index is 0.00158. The van der Waals surface area contributed by atoms with E-state index in [1.54, 1.807) is 36.4 Å². The number of hydrogen-bond donors (Lipinski definition) is 1. The molecule has 1 N–H and O–H groups in total. The van der Waals surface area contributed by atoms with Gasteiger partial charge in [-0.15, -0.1) is 0 Å². The van der Waals surface area contributed by atoms with E-state index in [9.17, 15) is 14.7 Å². The highest BCUT2D eigenvalue weighted by Crippen LogP contribution is 2.45. The molecule has 1 aliphatic heterocycles. The number of amides is 1. The van der Waals surface area contributed by atoms with Crippen molar-refractivity contribution in [1.82, 2.24) is 4.98 Å². The summed E-state index contributed by atoms with van der Waals surface area (Å²) in [4.78, 5) is 33.0. The maximum absolute atomic E-state index is 13.5. The van der Waals surface area contributed by atoms with E-state index in [2.05, 4.69) is 0 Å². The van der Waals surface area contributed by atoms with E-state index in [0.717, 1.165) is 27.8 Å². The van der Waals surface area contributed by atoms with Crippen LogP contribution in [0.2, 0.25) is 5.02 Å². The SMILES string of the molecule is CCCOc1ccc(C2C(=C(O)c3ccc(Cl)cc3)C(=O)C(=O)N2c2nc3c(C)cc(C)cc3s2)cc1. The Labute approximate surface area is 223 Å². The smallest absolute Gasteiger partial charge is 0.301 e. The zero-order valence-corrected chi connectivity index (χ0v) is 22.2. The van der Waals surface area contributed by atoms with Crippen LogP contribution in [0.5, 0.6) is 5.75 Å². The van der Waals surface area contributed by atoms with Crippen LogP contribution < -0.4 is 9.64 Å². The molecule has 0 bridgehead atoms. The Hall–Kier alpha value is -3.68. The van der Waals surface area contributed by atoms with E-state index < -0.39 is 17.7 Å². The van der Waals surface area contributed by atoms with Crippen molar-refractivity contribution in [3.63, 3.8) is 0 Å². The van der Waals surface area contributed by atoms with Crippen molar-refractivity contribution in [2.75, 3.05) is 11.5 Å². The highest BCUT2D eigenvalue weighted by molar-refractivity contribution is 7.22. The Morgan fingerprint density at radius 3 is 2.46 bits per heavy atom. The topological polar surface area (TPSA) is 79.7 Å². The number of aliphatic hydroxyl groups is 1. The molecule has 0 radical (unpaired) electrons. The predicted molar refractivity (Wildman–Crippen MR) is 148 cm³/mol. The summed E-state index contributed by atoms with van der Waals surface area (Å²) in [6.07, 6.45) is 0.875. The molecular weight excluding hydrogens is 508 g/mol. The lowest BCUT2D eigenvalue weighted by Gasteiger charge is -2.23. The molecule has 1 saturated heterocycles. The van der Waals surface area contributed by atoms with Gasteiger partial charge in [0.1, 0.15) is 11.5 Å². The molecule has 6 nitrogen and oxygen atoms in total. The molecule has 2 heterocycles. The Kier molecular flexibility index (Phi) is 6.75. The summed E-state index contributed by atoms with van der Waals surface area (Å²) >= 11 is 7.37. The molecule has 188 valence electrons. The van der Waals surface area contributed by atoms with Crippen molar-refractivity contribution in [3.05, 3.63) is 93.5 Å². The quantitative estimate of drug-likeness (QED) is 0.164. The minimum atomic E-state index is -0.863. The summed E-state index contributed by atoms with van der Waals surface area (Å²) < 4.78 is 6.64. The molecule has 4 aromatic rings. The summed E-state index contributed by atoms with van der Waals surface area (Å²) in [6, 6.07) is 16.9. The number of ether oxygens (including phenoxy) is 1.